The highest BCUT2D eigenvalue weighted by Gasteiger charge is 2.11. The molecule has 2 N–H and O–H groups in total. The van der Waals surface area contributed by atoms with Gasteiger partial charge in [-0.05, 0) is 41.2 Å². The van der Waals surface area contributed by atoms with Gasteiger partial charge in [0.15, 0.2) is 5.65 Å². The molecule has 0 aliphatic rings. The van der Waals surface area contributed by atoms with E-state index in [4.69, 9.17) is 0 Å². The van der Waals surface area contributed by atoms with Crippen LogP contribution in [0, 0.1) is 0 Å². The van der Waals surface area contributed by atoms with Crippen LogP contribution in [-0.2, 0) is 6.54 Å². The number of nitrogens with one attached hydrogen (secondary N) is 2. The van der Waals surface area contributed by atoms with Gasteiger partial charge in [0.05, 0.1) is 11.4 Å². The first-order chi connectivity index (χ1) is 8.79. The summed E-state index contributed by atoms with van der Waals surface area (Å²) in [7, 11) is 1.90. The predicted molar refractivity (Wildman–Crippen MR) is 73.2 cm³/mol. The fraction of sp³-hybridized carbons (Fsp3) is 0.167. The monoisotopic (exact) mass is 305 g/mol. The molecule has 0 fully saturated rings. The Morgan fingerprint density at radius 3 is 3.00 bits per heavy atom. The predicted octanol–water partition coefficient (Wildman–Crippen LogP) is 2.21. The first kappa shape index (κ1) is 11.4. The molecule has 0 spiro atoms. The topological polar surface area (TPSA) is 58.0 Å². The Balaban J connectivity index is 2.14. The van der Waals surface area contributed by atoms with Gasteiger partial charge in [-0.3, -0.25) is 0 Å². The van der Waals surface area contributed by atoms with Crippen LogP contribution in [0.2, 0.25) is 0 Å². The minimum Gasteiger partial charge on any atom is -0.367 e. The summed E-state index contributed by atoms with van der Waals surface area (Å²) < 4.78 is 2.71. The molecule has 0 bridgehead atoms. The van der Waals surface area contributed by atoms with Crippen LogP contribution >= 0.6 is 15.9 Å². The zero-order valence-electron chi connectivity index (χ0n) is 9.81. The Kier molecular flexibility index (Phi) is 2.89. The zero-order chi connectivity index (χ0) is 12.5. The van der Waals surface area contributed by atoms with Crippen molar-refractivity contribution >= 4 is 21.6 Å². The molecule has 0 amide bonds. The van der Waals surface area contributed by atoms with E-state index in [9.17, 15) is 0 Å². The van der Waals surface area contributed by atoms with E-state index in [1.54, 1.807) is 0 Å². The minimum absolute atomic E-state index is 0.712. The van der Waals surface area contributed by atoms with E-state index in [0.717, 1.165) is 27.2 Å². The number of aromatic nitrogens is 4. The van der Waals surface area contributed by atoms with Gasteiger partial charge in [0.2, 0.25) is 0 Å². The van der Waals surface area contributed by atoms with E-state index in [-0.39, 0.29) is 0 Å². The molecule has 18 heavy (non-hydrogen) atoms. The Bertz CT molecular complexity index is 671. The van der Waals surface area contributed by atoms with Gasteiger partial charge >= 0.3 is 0 Å². The summed E-state index contributed by atoms with van der Waals surface area (Å²) >= 11 is 3.54. The van der Waals surface area contributed by atoms with Crippen molar-refractivity contribution < 1.29 is 0 Å². The average molecular weight is 306 g/mol. The number of halogens is 1. The lowest BCUT2D eigenvalue weighted by molar-refractivity contribution is 0.789. The van der Waals surface area contributed by atoms with Crippen LogP contribution in [0.4, 0.5) is 0 Å². The van der Waals surface area contributed by atoms with Crippen LogP contribution in [0.5, 0.6) is 0 Å². The summed E-state index contributed by atoms with van der Waals surface area (Å²) in [5.41, 5.74) is 3.77. The van der Waals surface area contributed by atoms with E-state index in [1.807, 2.05) is 42.2 Å². The second-order valence-electron chi connectivity index (χ2n) is 3.97. The van der Waals surface area contributed by atoms with E-state index in [1.165, 1.54) is 0 Å². The van der Waals surface area contributed by atoms with Crippen LogP contribution in [0.25, 0.3) is 16.9 Å². The highest BCUT2D eigenvalue weighted by atomic mass is 79.9. The maximum Gasteiger partial charge on any atom is 0.155 e. The SMILES string of the molecule is CNCc1nc2ccc(-c3cc[nH]c3)nn2c1Br. The second-order valence-corrected chi connectivity index (χ2v) is 4.72. The number of fused-ring (bicyclic) bond motifs is 1. The molecule has 5 nitrogen and oxygen atoms in total. The fourth-order valence-corrected chi connectivity index (χ4v) is 2.36. The molecular formula is C12H12BrN5. The molecular weight excluding hydrogens is 294 g/mol. The molecule has 6 heteroatoms. The Morgan fingerprint density at radius 1 is 1.39 bits per heavy atom. The maximum atomic E-state index is 4.58. The summed E-state index contributed by atoms with van der Waals surface area (Å²) in [6.07, 6.45) is 3.81. The number of rotatable bonds is 3. The van der Waals surface area contributed by atoms with Gasteiger partial charge in [-0.15, -0.1) is 0 Å². The van der Waals surface area contributed by atoms with Crippen molar-refractivity contribution in [3.8, 4) is 11.3 Å². The third-order valence-corrected chi connectivity index (χ3v) is 3.52. The Morgan fingerprint density at radius 2 is 2.28 bits per heavy atom. The van der Waals surface area contributed by atoms with Crippen molar-refractivity contribution in [1.29, 1.82) is 0 Å². The van der Waals surface area contributed by atoms with E-state index >= 15 is 0 Å². The molecule has 92 valence electrons. The summed E-state index contributed by atoms with van der Waals surface area (Å²) in [4.78, 5) is 7.54. The molecule has 0 saturated heterocycles. The zero-order valence-corrected chi connectivity index (χ0v) is 11.4. The molecule has 0 aliphatic heterocycles. The number of hydrogen-bond acceptors (Lipinski definition) is 3. The molecule has 3 aromatic rings. The fourth-order valence-electron chi connectivity index (χ4n) is 1.87. The molecule has 0 aromatic carbocycles. The molecule has 3 rings (SSSR count). The van der Waals surface area contributed by atoms with Crippen molar-refractivity contribution in [1.82, 2.24) is 24.9 Å². The van der Waals surface area contributed by atoms with E-state index < -0.39 is 0 Å². The van der Waals surface area contributed by atoms with Gasteiger partial charge in [-0.25, -0.2) is 9.50 Å². The van der Waals surface area contributed by atoms with Crippen molar-refractivity contribution in [3.63, 3.8) is 0 Å². The smallest absolute Gasteiger partial charge is 0.155 e. The Labute approximate surface area is 112 Å². The van der Waals surface area contributed by atoms with E-state index in [0.29, 0.717) is 6.54 Å². The number of nitrogens with zero attached hydrogens (tertiary/aromatic N) is 3. The lowest BCUT2D eigenvalue weighted by Gasteiger charge is -1.99. The second kappa shape index (κ2) is 4.55. The van der Waals surface area contributed by atoms with Crippen LogP contribution in [0.3, 0.4) is 0 Å². The molecule has 3 heterocycles. The van der Waals surface area contributed by atoms with Gasteiger partial charge in [0, 0.05) is 24.5 Å². The van der Waals surface area contributed by atoms with Crippen molar-refractivity contribution in [2.75, 3.05) is 7.05 Å². The van der Waals surface area contributed by atoms with Gasteiger partial charge in [-0.2, -0.15) is 5.10 Å². The van der Waals surface area contributed by atoms with Crippen LogP contribution in [0.1, 0.15) is 5.69 Å². The molecule has 0 unspecified atom stereocenters. The van der Waals surface area contributed by atoms with Crippen LogP contribution in [0.15, 0.2) is 35.2 Å². The lowest BCUT2D eigenvalue weighted by Crippen LogP contribution is -2.05. The summed E-state index contributed by atoms with van der Waals surface area (Å²) in [6.45, 7) is 0.712. The molecule has 0 saturated carbocycles. The van der Waals surface area contributed by atoms with Crippen LogP contribution in [-0.4, -0.2) is 26.6 Å². The molecule has 0 atom stereocenters. The maximum absolute atomic E-state index is 4.58. The molecule has 0 radical (unpaired) electrons. The highest BCUT2D eigenvalue weighted by Crippen LogP contribution is 2.21. The third-order valence-electron chi connectivity index (χ3n) is 2.73. The first-order valence-electron chi connectivity index (χ1n) is 5.61. The van der Waals surface area contributed by atoms with Gasteiger partial charge in [-0.1, -0.05) is 0 Å². The Hall–Kier alpha value is -1.66. The largest absolute Gasteiger partial charge is 0.367 e. The summed E-state index contributed by atoms with van der Waals surface area (Å²) in [5, 5.41) is 7.67. The standard InChI is InChI=1S/C12H12BrN5/c1-14-7-10-12(13)18-11(16-10)3-2-9(17-18)8-4-5-15-6-8/h2-6,14-15H,7H2,1H3. The van der Waals surface area contributed by atoms with Crippen molar-refractivity contribution in [2.24, 2.45) is 0 Å². The summed E-state index contributed by atoms with van der Waals surface area (Å²) in [6, 6.07) is 5.94. The quantitative estimate of drug-likeness (QED) is 0.780. The highest BCUT2D eigenvalue weighted by molar-refractivity contribution is 9.10. The van der Waals surface area contributed by atoms with Crippen LogP contribution < -0.4 is 5.32 Å². The number of H-pyrrole nitrogens is 1. The lowest BCUT2D eigenvalue weighted by atomic mass is 10.2. The number of imidazole rings is 1. The van der Waals surface area contributed by atoms with Gasteiger partial charge in [0.1, 0.15) is 4.60 Å². The minimum atomic E-state index is 0.712. The summed E-state index contributed by atoms with van der Waals surface area (Å²) in [5.74, 6) is 0. The number of hydrogen-bond donors (Lipinski definition) is 2. The first-order valence-corrected chi connectivity index (χ1v) is 6.41. The molecule has 3 aromatic heterocycles. The van der Waals surface area contributed by atoms with Gasteiger partial charge < -0.3 is 10.3 Å². The third kappa shape index (κ3) is 1.83. The van der Waals surface area contributed by atoms with Crippen molar-refractivity contribution in [3.05, 3.63) is 40.9 Å². The average Bonchev–Trinajstić information content (AvgIpc) is 3.00. The number of aromatic amines is 1. The van der Waals surface area contributed by atoms with Gasteiger partial charge in [0.25, 0.3) is 0 Å². The normalized spacial score (nSPS) is 11.2. The van der Waals surface area contributed by atoms with E-state index in [2.05, 4.69) is 36.3 Å². The molecule has 0 aliphatic carbocycles. The van der Waals surface area contributed by atoms with Crippen molar-refractivity contribution in [2.45, 2.75) is 6.54 Å².